The first kappa shape index (κ1) is 14.2. The Morgan fingerprint density at radius 3 is 2.50 bits per heavy atom. The lowest BCUT2D eigenvalue weighted by molar-refractivity contribution is -0.0424. The Bertz CT molecular complexity index is 265. The summed E-state index contributed by atoms with van der Waals surface area (Å²) in [6.45, 7) is 3.42. The number of hydrogen-bond donors (Lipinski definition) is 1. The zero-order chi connectivity index (χ0) is 13.2. The number of hydrogen-bond acceptors (Lipinski definition) is 2. The quantitative estimate of drug-likeness (QED) is 0.794. The molecular formula is C14H25F2NO. The van der Waals surface area contributed by atoms with Gasteiger partial charge in [-0.3, -0.25) is 4.90 Å². The first-order chi connectivity index (χ1) is 8.55. The van der Waals surface area contributed by atoms with Crippen LogP contribution in [0, 0.1) is 17.8 Å². The number of aliphatic hydroxyl groups is 1. The molecule has 1 aliphatic heterocycles. The standard InChI is InChI=1S/C14H25F2NO/c1-2-14(15,16)10-17-6-3-11(4-7-17)13-9-12(13)5-8-18/h11-13,18H,2-10H2,1H3/t12?,13-/m1/s1. The smallest absolute Gasteiger partial charge is 0.260 e. The molecule has 0 bridgehead atoms. The van der Waals surface area contributed by atoms with Crippen LogP contribution in [-0.2, 0) is 0 Å². The zero-order valence-corrected chi connectivity index (χ0v) is 11.2. The van der Waals surface area contributed by atoms with Crippen molar-refractivity contribution < 1.29 is 13.9 Å². The second-order valence-corrected chi connectivity index (χ2v) is 6.00. The van der Waals surface area contributed by atoms with Gasteiger partial charge in [0, 0.05) is 13.0 Å². The van der Waals surface area contributed by atoms with Crippen LogP contribution in [0.4, 0.5) is 8.78 Å². The molecule has 0 aromatic carbocycles. The van der Waals surface area contributed by atoms with Crippen molar-refractivity contribution in [2.45, 2.75) is 45.0 Å². The summed E-state index contributed by atoms with van der Waals surface area (Å²) in [6.07, 6.45) is 4.24. The van der Waals surface area contributed by atoms with E-state index in [1.165, 1.54) is 6.42 Å². The van der Waals surface area contributed by atoms with E-state index in [4.69, 9.17) is 5.11 Å². The zero-order valence-electron chi connectivity index (χ0n) is 11.2. The van der Waals surface area contributed by atoms with E-state index >= 15 is 0 Å². The first-order valence-corrected chi connectivity index (χ1v) is 7.26. The van der Waals surface area contributed by atoms with Gasteiger partial charge >= 0.3 is 0 Å². The molecule has 1 unspecified atom stereocenters. The number of piperidine rings is 1. The fraction of sp³-hybridized carbons (Fsp3) is 1.00. The Morgan fingerprint density at radius 1 is 1.28 bits per heavy atom. The molecular weight excluding hydrogens is 236 g/mol. The van der Waals surface area contributed by atoms with E-state index < -0.39 is 5.92 Å². The van der Waals surface area contributed by atoms with E-state index in [0.717, 1.165) is 38.3 Å². The van der Waals surface area contributed by atoms with Crippen LogP contribution in [0.5, 0.6) is 0 Å². The second kappa shape index (κ2) is 5.83. The van der Waals surface area contributed by atoms with Gasteiger partial charge in [-0.15, -0.1) is 0 Å². The third kappa shape index (κ3) is 3.64. The average molecular weight is 261 g/mol. The lowest BCUT2D eigenvalue weighted by atomic mass is 9.90. The summed E-state index contributed by atoms with van der Waals surface area (Å²) < 4.78 is 26.6. The highest BCUT2D eigenvalue weighted by molar-refractivity contribution is 4.93. The molecule has 2 nitrogen and oxygen atoms in total. The van der Waals surface area contributed by atoms with E-state index in [0.29, 0.717) is 18.4 Å². The predicted molar refractivity (Wildman–Crippen MR) is 67.7 cm³/mol. The molecule has 0 aromatic heterocycles. The Labute approximate surface area is 108 Å². The maximum Gasteiger partial charge on any atom is 0.260 e. The first-order valence-electron chi connectivity index (χ1n) is 7.26. The van der Waals surface area contributed by atoms with Crippen molar-refractivity contribution in [2.24, 2.45) is 17.8 Å². The fourth-order valence-corrected chi connectivity index (χ4v) is 3.32. The Morgan fingerprint density at radius 2 is 1.94 bits per heavy atom. The van der Waals surface area contributed by atoms with Gasteiger partial charge in [0.2, 0.25) is 0 Å². The molecule has 0 amide bonds. The molecule has 1 saturated carbocycles. The Kier molecular flexibility index (Phi) is 4.59. The monoisotopic (exact) mass is 261 g/mol. The highest BCUT2D eigenvalue weighted by Gasteiger charge is 2.43. The Balaban J connectivity index is 1.69. The van der Waals surface area contributed by atoms with Crippen LogP contribution in [0.3, 0.4) is 0 Å². The molecule has 1 N–H and O–H groups in total. The largest absolute Gasteiger partial charge is 0.396 e. The van der Waals surface area contributed by atoms with Crippen molar-refractivity contribution in [3.05, 3.63) is 0 Å². The third-order valence-electron chi connectivity index (χ3n) is 4.69. The van der Waals surface area contributed by atoms with Crippen molar-refractivity contribution in [2.75, 3.05) is 26.2 Å². The van der Waals surface area contributed by atoms with Crippen LogP contribution >= 0.6 is 0 Å². The molecule has 106 valence electrons. The molecule has 0 radical (unpaired) electrons. The maximum absolute atomic E-state index is 13.3. The van der Waals surface area contributed by atoms with Gasteiger partial charge in [-0.25, -0.2) is 8.78 Å². The van der Waals surface area contributed by atoms with Gasteiger partial charge in [0.1, 0.15) is 0 Å². The van der Waals surface area contributed by atoms with Crippen molar-refractivity contribution in [1.29, 1.82) is 0 Å². The summed E-state index contributed by atoms with van der Waals surface area (Å²) in [5.41, 5.74) is 0. The lowest BCUT2D eigenvalue weighted by Gasteiger charge is -2.34. The van der Waals surface area contributed by atoms with E-state index in [9.17, 15) is 8.78 Å². The maximum atomic E-state index is 13.3. The van der Waals surface area contributed by atoms with Gasteiger partial charge in [0.15, 0.2) is 0 Å². The number of alkyl halides is 2. The number of likely N-dealkylation sites (tertiary alicyclic amines) is 1. The van der Waals surface area contributed by atoms with Gasteiger partial charge in [-0.05, 0) is 56.5 Å². The third-order valence-corrected chi connectivity index (χ3v) is 4.69. The summed E-state index contributed by atoms with van der Waals surface area (Å²) in [6, 6.07) is 0. The SMILES string of the molecule is CCC(F)(F)CN1CCC([C@H]2CC2CCO)CC1. The summed E-state index contributed by atoms with van der Waals surface area (Å²) in [5, 5.41) is 8.90. The summed E-state index contributed by atoms with van der Waals surface area (Å²) in [4.78, 5) is 1.92. The van der Waals surface area contributed by atoms with Gasteiger partial charge < -0.3 is 5.11 Å². The minimum absolute atomic E-state index is 0.0614. The summed E-state index contributed by atoms with van der Waals surface area (Å²) >= 11 is 0. The van der Waals surface area contributed by atoms with E-state index in [2.05, 4.69) is 0 Å². The van der Waals surface area contributed by atoms with E-state index in [1.54, 1.807) is 6.92 Å². The van der Waals surface area contributed by atoms with Crippen LogP contribution in [0.25, 0.3) is 0 Å². The molecule has 2 aliphatic rings. The van der Waals surface area contributed by atoms with Crippen LogP contribution in [0.2, 0.25) is 0 Å². The van der Waals surface area contributed by atoms with Crippen molar-refractivity contribution in [3.63, 3.8) is 0 Å². The second-order valence-electron chi connectivity index (χ2n) is 6.00. The van der Waals surface area contributed by atoms with Crippen LogP contribution in [-0.4, -0.2) is 42.2 Å². The molecule has 4 heteroatoms. The molecule has 2 rings (SSSR count). The lowest BCUT2D eigenvalue weighted by Crippen LogP contribution is -2.41. The summed E-state index contributed by atoms with van der Waals surface area (Å²) in [7, 11) is 0. The highest BCUT2D eigenvalue weighted by atomic mass is 19.3. The molecule has 2 atom stereocenters. The topological polar surface area (TPSA) is 23.5 Å². The summed E-state index contributed by atoms with van der Waals surface area (Å²) in [5.74, 6) is -0.325. The molecule has 1 saturated heterocycles. The van der Waals surface area contributed by atoms with Crippen LogP contribution < -0.4 is 0 Å². The van der Waals surface area contributed by atoms with Gasteiger partial charge in [-0.1, -0.05) is 6.92 Å². The fourth-order valence-electron chi connectivity index (χ4n) is 3.32. The minimum atomic E-state index is -2.52. The van der Waals surface area contributed by atoms with Crippen molar-refractivity contribution in [3.8, 4) is 0 Å². The van der Waals surface area contributed by atoms with Gasteiger partial charge in [0.05, 0.1) is 6.54 Å². The number of halogens is 2. The minimum Gasteiger partial charge on any atom is -0.396 e. The normalized spacial score (nSPS) is 30.7. The molecule has 1 aliphatic carbocycles. The Hall–Kier alpha value is -0.220. The van der Waals surface area contributed by atoms with Crippen LogP contribution in [0.15, 0.2) is 0 Å². The van der Waals surface area contributed by atoms with E-state index in [1.807, 2.05) is 4.90 Å². The number of rotatable bonds is 6. The van der Waals surface area contributed by atoms with Gasteiger partial charge in [-0.2, -0.15) is 0 Å². The van der Waals surface area contributed by atoms with Crippen molar-refractivity contribution >= 4 is 0 Å². The predicted octanol–water partition coefficient (Wildman–Crippen LogP) is 2.76. The van der Waals surface area contributed by atoms with Gasteiger partial charge in [0.25, 0.3) is 5.92 Å². The molecule has 0 aromatic rings. The molecule has 2 fully saturated rings. The van der Waals surface area contributed by atoms with Crippen molar-refractivity contribution in [1.82, 2.24) is 4.90 Å². The molecule has 18 heavy (non-hydrogen) atoms. The molecule has 0 spiro atoms. The van der Waals surface area contributed by atoms with Crippen LogP contribution in [0.1, 0.15) is 39.0 Å². The highest BCUT2D eigenvalue weighted by Crippen LogP contribution is 2.49. The van der Waals surface area contributed by atoms with E-state index in [-0.39, 0.29) is 13.0 Å². The molecule has 1 heterocycles. The number of nitrogens with zero attached hydrogens (tertiary/aromatic N) is 1. The number of aliphatic hydroxyl groups excluding tert-OH is 1. The average Bonchev–Trinajstić information content (AvgIpc) is 3.10.